The van der Waals surface area contributed by atoms with Gasteiger partial charge in [0.2, 0.25) is 11.8 Å². The number of anilines is 2. The van der Waals surface area contributed by atoms with Crippen LogP contribution in [0.1, 0.15) is 12.0 Å². The van der Waals surface area contributed by atoms with Crippen LogP contribution in [0.3, 0.4) is 0 Å². The topological polar surface area (TPSA) is 49.4 Å². The number of nitrogens with one attached hydrogen (secondary N) is 1. The van der Waals surface area contributed by atoms with E-state index in [1.54, 1.807) is 4.90 Å². The molecular formula is C22H19BrN2O2. The van der Waals surface area contributed by atoms with Crippen molar-refractivity contribution in [3.8, 4) is 0 Å². The summed E-state index contributed by atoms with van der Waals surface area (Å²) in [5.41, 5.74) is 2.63. The average Bonchev–Trinajstić information content (AvgIpc) is 3.05. The lowest BCUT2D eigenvalue weighted by molar-refractivity contribution is -0.122. The van der Waals surface area contributed by atoms with Crippen LogP contribution >= 0.6 is 15.9 Å². The molecule has 4 nitrogen and oxygen atoms in total. The maximum atomic E-state index is 12.7. The molecule has 0 unspecified atom stereocenters. The predicted molar refractivity (Wildman–Crippen MR) is 112 cm³/mol. The van der Waals surface area contributed by atoms with Crippen LogP contribution < -0.4 is 10.2 Å². The van der Waals surface area contributed by atoms with Crippen molar-refractivity contribution in [1.82, 2.24) is 0 Å². The largest absolute Gasteiger partial charge is 0.326 e. The van der Waals surface area contributed by atoms with Gasteiger partial charge in [0, 0.05) is 28.5 Å². The lowest BCUT2D eigenvalue weighted by atomic mass is 10.1. The van der Waals surface area contributed by atoms with E-state index in [4.69, 9.17) is 0 Å². The Labute approximate surface area is 166 Å². The Morgan fingerprint density at radius 2 is 1.89 bits per heavy atom. The van der Waals surface area contributed by atoms with Crippen LogP contribution in [0.5, 0.6) is 0 Å². The van der Waals surface area contributed by atoms with Crippen LogP contribution in [0.15, 0.2) is 65.1 Å². The van der Waals surface area contributed by atoms with Crippen molar-refractivity contribution in [3.63, 3.8) is 0 Å². The van der Waals surface area contributed by atoms with Gasteiger partial charge < -0.3 is 10.2 Å². The average molecular weight is 423 g/mol. The molecule has 1 N–H and O–H groups in total. The Morgan fingerprint density at radius 1 is 1.11 bits per heavy atom. The first-order chi connectivity index (χ1) is 13.0. The lowest BCUT2D eigenvalue weighted by Crippen LogP contribution is -2.28. The molecule has 1 aliphatic rings. The molecule has 5 heteroatoms. The second-order valence-electron chi connectivity index (χ2n) is 6.85. The summed E-state index contributed by atoms with van der Waals surface area (Å²) in [5, 5.41) is 5.08. The quantitative estimate of drug-likeness (QED) is 0.652. The Morgan fingerprint density at radius 3 is 2.70 bits per heavy atom. The van der Waals surface area contributed by atoms with Gasteiger partial charge in [0.25, 0.3) is 0 Å². The number of halogens is 1. The molecule has 0 aliphatic carbocycles. The number of rotatable bonds is 3. The fourth-order valence-electron chi connectivity index (χ4n) is 3.56. The molecule has 1 saturated heterocycles. The van der Waals surface area contributed by atoms with Gasteiger partial charge in [-0.25, -0.2) is 0 Å². The number of benzene rings is 3. The van der Waals surface area contributed by atoms with Gasteiger partial charge >= 0.3 is 0 Å². The van der Waals surface area contributed by atoms with Crippen LogP contribution in [0.25, 0.3) is 10.8 Å². The normalized spacial score (nSPS) is 16.7. The summed E-state index contributed by atoms with van der Waals surface area (Å²) < 4.78 is 0.969. The highest BCUT2D eigenvalue weighted by molar-refractivity contribution is 9.10. The van der Waals surface area contributed by atoms with E-state index in [1.807, 2.05) is 67.6 Å². The van der Waals surface area contributed by atoms with Gasteiger partial charge in [0.1, 0.15) is 0 Å². The van der Waals surface area contributed by atoms with Crippen molar-refractivity contribution in [2.45, 2.75) is 13.3 Å². The molecule has 3 aromatic rings. The first-order valence-corrected chi connectivity index (χ1v) is 9.67. The molecule has 136 valence electrons. The first kappa shape index (κ1) is 17.7. The second-order valence-corrected chi connectivity index (χ2v) is 7.77. The van der Waals surface area contributed by atoms with E-state index in [1.165, 1.54) is 0 Å². The molecule has 1 aliphatic heterocycles. The number of fused-ring (bicyclic) bond motifs is 1. The van der Waals surface area contributed by atoms with Crippen molar-refractivity contribution >= 4 is 49.9 Å². The minimum atomic E-state index is -0.362. The molecule has 1 heterocycles. The zero-order chi connectivity index (χ0) is 19.0. The molecule has 1 fully saturated rings. The van der Waals surface area contributed by atoms with Gasteiger partial charge in [0.15, 0.2) is 0 Å². The van der Waals surface area contributed by atoms with E-state index >= 15 is 0 Å². The Bertz CT molecular complexity index is 1040. The SMILES string of the molecule is Cc1cc(Br)ccc1NC(=O)[C@@H]1CC(=O)N(c2cccc3ccccc23)C1. The summed E-state index contributed by atoms with van der Waals surface area (Å²) in [5.74, 6) is -0.491. The molecule has 0 saturated carbocycles. The Kier molecular flexibility index (Phi) is 4.70. The highest BCUT2D eigenvalue weighted by Gasteiger charge is 2.35. The number of nitrogens with zero attached hydrogens (tertiary/aromatic N) is 1. The van der Waals surface area contributed by atoms with Crippen molar-refractivity contribution in [3.05, 3.63) is 70.7 Å². The lowest BCUT2D eigenvalue weighted by Gasteiger charge is -2.19. The monoisotopic (exact) mass is 422 g/mol. The van der Waals surface area contributed by atoms with Gasteiger partial charge in [-0.05, 0) is 42.1 Å². The van der Waals surface area contributed by atoms with Gasteiger partial charge in [-0.1, -0.05) is 52.3 Å². The van der Waals surface area contributed by atoms with Gasteiger partial charge in [0.05, 0.1) is 11.6 Å². The number of amides is 2. The van der Waals surface area contributed by atoms with Crippen LogP contribution in [-0.4, -0.2) is 18.4 Å². The summed E-state index contributed by atoms with van der Waals surface area (Å²) in [6, 6.07) is 19.6. The number of carbonyl (C=O) groups excluding carboxylic acids is 2. The van der Waals surface area contributed by atoms with E-state index in [0.29, 0.717) is 6.54 Å². The zero-order valence-corrected chi connectivity index (χ0v) is 16.5. The van der Waals surface area contributed by atoms with Crippen molar-refractivity contribution in [2.75, 3.05) is 16.8 Å². The number of carbonyl (C=O) groups is 2. The molecular weight excluding hydrogens is 404 g/mol. The van der Waals surface area contributed by atoms with E-state index < -0.39 is 0 Å². The van der Waals surface area contributed by atoms with Gasteiger partial charge in [-0.2, -0.15) is 0 Å². The molecule has 27 heavy (non-hydrogen) atoms. The molecule has 3 aromatic carbocycles. The third kappa shape index (κ3) is 3.47. The van der Waals surface area contributed by atoms with Crippen LogP contribution in [-0.2, 0) is 9.59 Å². The number of hydrogen-bond acceptors (Lipinski definition) is 2. The number of hydrogen-bond donors (Lipinski definition) is 1. The zero-order valence-electron chi connectivity index (χ0n) is 14.9. The fraction of sp³-hybridized carbons (Fsp3) is 0.182. The van der Waals surface area contributed by atoms with Crippen molar-refractivity contribution in [1.29, 1.82) is 0 Å². The van der Waals surface area contributed by atoms with Gasteiger partial charge in [-0.15, -0.1) is 0 Å². The Balaban J connectivity index is 1.56. The standard InChI is InChI=1S/C22H19BrN2O2/c1-14-11-17(23)9-10-19(14)24-22(27)16-12-21(26)25(13-16)20-8-4-6-15-5-2-3-7-18(15)20/h2-11,16H,12-13H2,1H3,(H,24,27)/t16-/m1/s1. The smallest absolute Gasteiger partial charge is 0.229 e. The predicted octanol–water partition coefficient (Wildman–Crippen LogP) is 4.90. The second kappa shape index (κ2) is 7.16. The molecule has 2 amide bonds. The Hall–Kier alpha value is -2.66. The minimum Gasteiger partial charge on any atom is -0.326 e. The van der Waals surface area contributed by atoms with E-state index in [0.717, 1.165) is 32.2 Å². The molecule has 1 atom stereocenters. The highest BCUT2D eigenvalue weighted by atomic mass is 79.9. The summed E-state index contributed by atoms with van der Waals surface area (Å²) in [4.78, 5) is 27.1. The molecule has 0 spiro atoms. The van der Waals surface area contributed by atoms with E-state index in [2.05, 4.69) is 21.2 Å². The van der Waals surface area contributed by atoms with Crippen molar-refractivity contribution in [2.24, 2.45) is 5.92 Å². The summed E-state index contributed by atoms with van der Waals surface area (Å²) >= 11 is 3.43. The maximum Gasteiger partial charge on any atom is 0.229 e. The molecule has 0 radical (unpaired) electrons. The van der Waals surface area contributed by atoms with Gasteiger partial charge in [-0.3, -0.25) is 9.59 Å². The first-order valence-electron chi connectivity index (χ1n) is 8.88. The fourth-order valence-corrected chi connectivity index (χ4v) is 4.04. The minimum absolute atomic E-state index is 0.0148. The van der Waals surface area contributed by atoms with Crippen LogP contribution in [0.4, 0.5) is 11.4 Å². The molecule has 0 aromatic heterocycles. The highest BCUT2D eigenvalue weighted by Crippen LogP contribution is 2.32. The number of aryl methyl sites for hydroxylation is 1. The summed E-state index contributed by atoms with van der Waals surface area (Å²) in [6.07, 6.45) is 0.227. The van der Waals surface area contributed by atoms with E-state index in [-0.39, 0.29) is 24.2 Å². The van der Waals surface area contributed by atoms with Crippen LogP contribution in [0.2, 0.25) is 0 Å². The third-order valence-electron chi connectivity index (χ3n) is 5.00. The van der Waals surface area contributed by atoms with Crippen molar-refractivity contribution < 1.29 is 9.59 Å². The summed E-state index contributed by atoms with van der Waals surface area (Å²) in [7, 11) is 0. The molecule has 4 rings (SSSR count). The maximum absolute atomic E-state index is 12.7. The third-order valence-corrected chi connectivity index (χ3v) is 5.49. The molecule has 0 bridgehead atoms. The summed E-state index contributed by atoms with van der Waals surface area (Å²) in [6.45, 7) is 2.34. The van der Waals surface area contributed by atoms with E-state index in [9.17, 15) is 9.59 Å². The van der Waals surface area contributed by atoms with Crippen LogP contribution in [0, 0.1) is 12.8 Å².